The first-order valence-corrected chi connectivity index (χ1v) is 4.53. The Morgan fingerprint density at radius 1 is 1.50 bits per heavy atom. The van der Waals surface area contributed by atoms with Crippen LogP contribution in [-0.2, 0) is 0 Å². The van der Waals surface area contributed by atoms with Crippen molar-refractivity contribution in [1.82, 2.24) is 9.97 Å². The van der Waals surface area contributed by atoms with E-state index in [4.69, 9.17) is 0 Å². The van der Waals surface area contributed by atoms with Crippen LogP contribution >= 0.6 is 0 Å². The van der Waals surface area contributed by atoms with Crippen molar-refractivity contribution >= 4 is 0 Å². The smallest absolute Gasteiger partial charge is 0.131 e. The van der Waals surface area contributed by atoms with Crippen molar-refractivity contribution < 1.29 is 0 Å². The van der Waals surface area contributed by atoms with Crippen molar-refractivity contribution in [3.8, 4) is 0 Å². The Morgan fingerprint density at radius 2 is 2.25 bits per heavy atom. The zero-order valence-electron chi connectivity index (χ0n) is 8.04. The molecule has 1 unspecified atom stereocenters. The first-order chi connectivity index (χ1) is 5.74. The highest BCUT2D eigenvalue weighted by molar-refractivity contribution is 5.02. The van der Waals surface area contributed by atoms with Gasteiger partial charge in [0.05, 0.1) is 0 Å². The second-order valence-corrected chi connectivity index (χ2v) is 3.25. The molecule has 0 aliphatic carbocycles. The summed E-state index contributed by atoms with van der Waals surface area (Å²) in [5.41, 5.74) is 1.06. The van der Waals surface area contributed by atoms with Gasteiger partial charge in [-0.05, 0) is 19.4 Å². The largest absolute Gasteiger partial charge is 0.241 e. The van der Waals surface area contributed by atoms with E-state index in [-0.39, 0.29) is 0 Å². The van der Waals surface area contributed by atoms with E-state index in [0.29, 0.717) is 5.92 Å². The van der Waals surface area contributed by atoms with E-state index in [1.165, 1.54) is 12.8 Å². The van der Waals surface area contributed by atoms with Crippen LogP contribution < -0.4 is 0 Å². The van der Waals surface area contributed by atoms with Gasteiger partial charge in [-0.3, -0.25) is 0 Å². The summed E-state index contributed by atoms with van der Waals surface area (Å²) in [6.07, 6.45) is 4.20. The van der Waals surface area contributed by atoms with Crippen LogP contribution in [0.25, 0.3) is 0 Å². The molecule has 1 aromatic rings. The Hall–Kier alpha value is -0.920. The van der Waals surface area contributed by atoms with Crippen molar-refractivity contribution in [2.75, 3.05) is 0 Å². The van der Waals surface area contributed by atoms with Crippen molar-refractivity contribution in [3.63, 3.8) is 0 Å². The topological polar surface area (TPSA) is 25.8 Å². The molecule has 0 saturated carbocycles. The summed E-state index contributed by atoms with van der Waals surface area (Å²) in [4.78, 5) is 8.63. The number of rotatable bonds is 3. The quantitative estimate of drug-likeness (QED) is 0.686. The van der Waals surface area contributed by atoms with Gasteiger partial charge >= 0.3 is 0 Å². The Kier molecular flexibility index (Phi) is 3.20. The lowest BCUT2D eigenvalue weighted by Crippen LogP contribution is -2.00. The molecule has 0 radical (unpaired) electrons. The van der Waals surface area contributed by atoms with Crippen LogP contribution in [-0.4, -0.2) is 9.97 Å². The summed E-state index contributed by atoms with van der Waals surface area (Å²) in [6.45, 7) is 6.37. The second-order valence-electron chi connectivity index (χ2n) is 3.25. The minimum Gasteiger partial charge on any atom is -0.241 e. The molecular formula is C10H16N2. The summed E-state index contributed by atoms with van der Waals surface area (Å²) in [5.74, 6) is 1.48. The fourth-order valence-electron chi connectivity index (χ4n) is 1.27. The standard InChI is InChI=1S/C10H16N2/c1-4-5-8(2)10-11-7-6-9(3)12-10/h6-8H,4-5H2,1-3H3. The lowest BCUT2D eigenvalue weighted by molar-refractivity contribution is 0.624. The molecule has 0 aliphatic heterocycles. The number of aryl methyl sites for hydroxylation is 1. The predicted octanol–water partition coefficient (Wildman–Crippen LogP) is 2.69. The van der Waals surface area contributed by atoms with E-state index in [2.05, 4.69) is 23.8 Å². The molecule has 1 aromatic heterocycles. The summed E-state index contributed by atoms with van der Waals surface area (Å²) >= 11 is 0. The molecule has 1 heterocycles. The van der Waals surface area contributed by atoms with Gasteiger partial charge in [0.2, 0.25) is 0 Å². The summed E-state index contributed by atoms with van der Waals surface area (Å²) in [6, 6.07) is 1.93. The van der Waals surface area contributed by atoms with Gasteiger partial charge in [-0.15, -0.1) is 0 Å². The molecule has 0 fully saturated rings. The average Bonchev–Trinajstić information content (AvgIpc) is 2.05. The van der Waals surface area contributed by atoms with Crippen molar-refractivity contribution in [1.29, 1.82) is 0 Å². The first kappa shape index (κ1) is 9.17. The summed E-state index contributed by atoms with van der Waals surface area (Å²) < 4.78 is 0. The Labute approximate surface area is 74.1 Å². The van der Waals surface area contributed by atoms with E-state index >= 15 is 0 Å². The third-order valence-corrected chi connectivity index (χ3v) is 1.98. The minimum atomic E-state index is 0.495. The molecule has 0 aromatic carbocycles. The van der Waals surface area contributed by atoms with Crippen LogP contribution in [0.2, 0.25) is 0 Å². The van der Waals surface area contributed by atoms with Crippen molar-refractivity contribution in [2.24, 2.45) is 0 Å². The normalized spacial score (nSPS) is 12.9. The maximum atomic E-state index is 4.38. The van der Waals surface area contributed by atoms with Gasteiger partial charge in [0, 0.05) is 17.8 Å². The zero-order chi connectivity index (χ0) is 8.97. The fraction of sp³-hybridized carbons (Fsp3) is 0.600. The summed E-state index contributed by atoms with van der Waals surface area (Å²) in [5, 5.41) is 0. The van der Waals surface area contributed by atoms with E-state index in [1.807, 2.05) is 19.2 Å². The molecule has 2 heteroatoms. The zero-order valence-corrected chi connectivity index (χ0v) is 8.04. The molecule has 1 atom stereocenters. The molecule has 1 rings (SSSR count). The first-order valence-electron chi connectivity index (χ1n) is 4.53. The third-order valence-electron chi connectivity index (χ3n) is 1.98. The van der Waals surface area contributed by atoms with Crippen LogP contribution in [0.5, 0.6) is 0 Å². The molecule has 2 nitrogen and oxygen atoms in total. The van der Waals surface area contributed by atoms with Crippen LogP contribution in [0, 0.1) is 6.92 Å². The molecule has 0 spiro atoms. The van der Waals surface area contributed by atoms with Gasteiger partial charge in [0.1, 0.15) is 5.82 Å². The van der Waals surface area contributed by atoms with Crippen molar-refractivity contribution in [3.05, 3.63) is 23.8 Å². The van der Waals surface area contributed by atoms with Gasteiger partial charge in [-0.25, -0.2) is 9.97 Å². The van der Waals surface area contributed by atoms with Crippen LogP contribution in [0.4, 0.5) is 0 Å². The van der Waals surface area contributed by atoms with Crippen LogP contribution in [0.3, 0.4) is 0 Å². The van der Waals surface area contributed by atoms with Gasteiger partial charge in [-0.2, -0.15) is 0 Å². The van der Waals surface area contributed by atoms with Gasteiger partial charge in [-0.1, -0.05) is 20.3 Å². The molecular weight excluding hydrogens is 148 g/mol. The molecule has 0 saturated heterocycles. The van der Waals surface area contributed by atoms with Gasteiger partial charge < -0.3 is 0 Å². The minimum absolute atomic E-state index is 0.495. The molecule has 0 amide bonds. The van der Waals surface area contributed by atoms with E-state index < -0.39 is 0 Å². The maximum Gasteiger partial charge on any atom is 0.131 e. The number of nitrogens with zero attached hydrogens (tertiary/aromatic N) is 2. The Balaban J connectivity index is 2.73. The van der Waals surface area contributed by atoms with E-state index in [0.717, 1.165) is 11.5 Å². The van der Waals surface area contributed by atoms with E-state index in [1.54, 1.807) is 0 Å². The lowest BCUT2D eigenvalue weighted by atomic mass is 10.1. The molecule has 0 N–H and O–H groups in total. The molecule has 0 aliphatic rings. The van der Waals surface area contributed by atoms with Crippen LogP contribution in [0.1, 0.15) is 44.1 Å². The van der Waals surface area contributed by atoms with Crippen molar-refractivity contribution in [2.45, 2.75) is 39.5 Å². The summed E-state index contributed by atoms with van der Waals surface area (Å²) in [7, 11) is 0. The highest BCUT2D eigenvalue weighted by atomic mass is 14.9. The molecule has 12 heavy (non-hydrogen) atoms. The Morgan fingerprint density at radius 3 is 2.83 bits per heavy atom. The number of aromatic nitrogens is 2. The molecule has 0 bridgehead atoms. The fourth-order valence-corrected chi connectivity index (χ4v) is 1.27. The van der Waals surface area contributed by atoms with Gasteiger partial charge in [0.15, 0.2) is 0 Å². The number of hydrogen-bond donors (Lipinski definition) is 0. The Bertz CT molecular complexity index is 245. The number of hydrogen-bond acceptors (Lipinski definition) is 2. The lowest BCUT2D eigenvalue weighted by Gasteiger charge is -2.07. The van der Waals surface area contributed by atoms with Gasteiger partial charge in [0.25, 0.3) is 0 Å². The van der Waals surface area contributed by atoms with Crippen LogP contribution in [0.15, 0.2) is 12.3 Å². The monoisotopic (exact) mass is 164 g/mol. The average molecular weight is 164 g/mol. The maximum absolute atomic E-state index is 4.38. The SMILES string of the molecule is CCCC(C)c1nccc(C)n1. The highest BCUT2D eigenvalue weighted by Crippen LogP contribution is 2.15. The highest BCUT2D eigenvalue weighted by Gasteiger charge is 2.06. The predicted molar refractivity (Wildman–Crippen MR) is 50.1 cm³/mol. The third kappa shape index (κ3) is 2.29. The van der Waals surface area contributed by atoms with E-state index in [9.17, 15) is 0 Å². The second kappa shape index (κ2) is 4.19. The molecule has 66 valence electrons.